The van der Waals surface area contributed by atoms with Crippen LogP contribution in [-0.2, 0) is 24.8 Å². The minimum atomic E-state index is 0.236. The monoisotopic (exact) mass is 352 g/mol. The molecule has 3 heterocycles. The lowest BCUT2D eigenvalue weighted by molar-refractivity contribution is -0.132. The summed E-state index contributed by atoms with van der Waals surface area (Å²) in [6.45, 7) is 2.36. The van der Waals surface area contributed by atoms with E-state index in [4.69, 9.17) is 0 Å². The largest absolute Gasteiger partial charge is 0.343 e. The first-order chi connectivity index (χ1) is 12.7. The van der Waals surface area contributed by atoms with Crippen LogP contribution in [0.25, 0.3) is 11.0 Å². The molecule has 1 aliphatic heterocycles. The highest BCUT2D eigenvalue weighted by Gasteiger charge is 2.23. The summed E-state index contributed by atoms with van der Waals surface area (Å²) in [5.74, 6) is 1.85. The summed E-state index contributed by atoms with van der Waals surface area (Å²) < 4.78 is 4.04. The molecule has 4 rings (SSSR count). The fourth-order valence-corrected chi connectivity index (χ4v) is 3.70. The van der Waals surface area contributed by atoms with E-state index in [0.29, 0.717) is 18.9 Å². The highest BCUT2D eigenvalue weighted by atomic mass is 16.2. The van der Waals surface area contributed by atoms with Crippen molar-refractivity contribution >= 4 is 16.9 Å². The standard InChI is InChI=1S/C19H24N6O/c1-23-14-21-22-18(23)12-15-6-9-24(10-7-15)19(26)8-11-25-13-20-16-4-2-3-5-17(16)25/h2-5,13-15H,6-12H2,1H3. The summed E-state index contributed by atoms with van der Waals surface area (Å²) >= 11 is 0. The third-order valence-electron chi connectivity index (χ3n) is 5.34. The van der Waals surface area contributed by atoms with Gasteiger partial charge in [0.15, 0.2) is 0 Å². The SMILES string of the molecule is Cn1cnnc1CC1CCN(C(=O)CCn2cnc3ccccc32)CC1. The Morgan fingerprint density at radius 3 is 2.77 bits per heavy atom. The van der Waals surface area contributed by atoms with Gasteiger partial charge < -0.3 is 14.0 Å². The smallest absolute Gasteiger partial charge is 0.224 e. The number of piperidine rings is 1. The predicted molar refractivity (Wildman–Crippen MR) is 98.4 cm³/mol. The third-order valence-corrected chi connectivity index (χ3v) is 5.34. The van der Waals surface area contributed by atoms with Crippen LogP contribution in [0.5, 0.6) is 0 Å². The topological polar surface area (TPSA) is 68.8 Å². The molecule has 0 aliphatic carbocycles. The fraction of sp³-hybridized carbons (Fsp3) is 0.474. The van der Waals surface area contributed by atoms with Gasteiger partial charge in [0.1, 0.15) is 12.2 Å². The van der Waals surface area contributed by atoms with E-state index in [2.05, 4.69) is 19.7 Å². The van der Waals surface area contributed by atoms with E-state index in [1.807, 2.05) is 47.1 Å². The third kappa shape index (κ3) is 3.47. The van der Waals surface area contributed by atoms with Crippen molar-refractivity contribution in [1.82, 2.24) is 29.2 Å². The number of aryl methyl sites for hydroxylation is 2. The highest BCUT2D eigenvalue weighted by molar-refractivity contribution is 5.77. The molecule has 0 atom stereocenters. The maximum Gasteiger partial charge on any atom is 0.224 e. The van der Waals surface area contributed by atoms with E-state index in [1.165, 1.54) is 0 Å². The first-order valence-electron chi connectivity index (χ1n) is 9.21. The van der Waals surface area contributed by atoms with Gasteiger partial charge in [0.05, 0.1) is 17.4 Å². The zero-order chi connectivity index (χ0) is 17.9. The zero-order valence-electron chi connectivity index (χ0n) is 15.1. The molecule has 2 aromatic heterocycles. The molecule has 0 radical (unpaired) electrons. The molecule has 1 fully saturated rings. The molecule has 26 heavy (non-hydrogen) atoms. The van der Waals surface area contributed by atoms with Crippen molar-refractivity contribution in [3.63, 3.8) is 0 Å². The summed E-state index contributed by atoms with van der Waals surface area (Å²) in [7, 11) is 1.98. The normalized spacial score (nSPS) is 15.7. The molecule has 7 nitrogen and oxygen atoms in total. The van der Waals surface area contributed by atoms with Crippen molar-refractivity contribution in [3.05, 3.63) is 42.7 Å². The molecule has 1 aromatic carbocycles. The Labute approximate surface area is 152 Å². The van der Waals surface area contributed by atoms with Gasteiger partial charge in [-0.15, -0.1) is 10.2 Å². The van der Waals surface area contributed by atoms with Gasteiger partial charge in [0.25, 0.3) is 0 Å². The van der Waals surface area contributed by atoms with Crippen LogP contribution in [0.1, 0.15) is 25.1 Å². The Hall–Kier alpha value is -2.70. The van der Waals surface area contributed by atoms with Crippen molar-refractivity contribution in [2.24, 2.45) is 13.0 Å². The lowest BCUT2D eigenvalue weighted by Gasteiger charge is -2.32. The van der Waals surface area contributed by atoms with Gasteiger partial charge >= 0.3 is 0 Å². The Morgan fingerprint density at radius 1 is 1.19 bits per heavy atom. The zero-order valence-corrected chi connectivity index (χ0v) is 15.1. The quantitative estimate of drug-likeness (QED) is 0.705. The number of nitrogens with zero attached hydrogens (tertiary/aromatic N) is 6. The van der Waals surface area contributed by atoms with Crippen molar-refractivity contribution in [2.45, 2.75) is 32.2 Å². The van der Waals surface area contributed by atoms with Crippen LogP contribution in [0.2, 0.25) is 0 Å². The van der Waals surface area contributed by atoms with Crippen molar-refractivity contribution < 1.29 is 4.79 Å². The van der Waals surface area contributed by atoms with Gasteiger partial charge in [-0.05, 0) is 30.9 Å². The van der Waals surface area contributed by atoms with Crippen LogP contribution in [-0.4, -0.2) is 48.2 Å². The lowest BCUT2D eigenvalue weighted by atomic mass is 9.93. The minimum absolute atomic E-state index is 0.236. The van der Waals surface area contributed by atoms with E-state index in [1.54, 1.807) is 6.33 Å². The summed E-state index contributed by atoms with van der Waals surface area (Å²) in [5.41, 5.74) is 2.06. The number of hydrogen-bond acceptors (Lipinski definition) is 4. The number of likely N-dealkylation sites (tertiary alicyclic amines) is 1. The number of aromatic nitrogens is 5. The predicted octanol–water partition coefficient (Wildman–Crippen LogP) is 2.04. The van der Waals surface area contributed by atoms with Crippen LogP contribution >= 0.6 is 0 Å². The van der Waals surface area contributed by atoms with Crippen LogP contribution < -0.4 is 0 Å². The lowest BCUT2D eigenvalue weighted by Crippen LogP contribution is -2.39. The van der Waals surface area contributed by atoms with Gasteiger partial charge in [-0.25, -0.2) is 4.98 Å². The average molecular weight is 352 g/mol. The molecule has 1 aliphatic rings. The van der Waals surface area contributed by atoms with Crippen molar-refractivity contribution in [1.29, 1.82) is 0 Å². The van der Waals surface area contributed by atoms with Crippen LogP contribution in [0.3, 0.4) is 0 Å². The van der Waals surface area contributed by atoms with Crippen LogP contribution in [0.4, 0.5) is 0 Å². The van der Waals surface area contributed by atoms with Crippen molar-refractivity contribution in [3.8, 4) is 0 Å². The Kier molecular flexibility index (Phi) is 4.69. The highest BCUT2D eigenvalue weighted by Crippen LogP contribution is 2.21. The number of carbonyl (C=O) groups is 1. The molecule has 0 saturated carbocycles. The molecule has 1 saturated heterocycles. The number of carbonyl (C=O) groups excluding carboxylic acids is 1. The second-order valence-electron chi connectivity index (χ2n) is 7.06. The molecule has 0 bridgehead atoms. The molecule has 3 aromatic rings. The number of amides is 1. The fourth-order valence-electron chi connectivity index (χ4n) is 3.70. The molecule has 136 valence electrons. The van der Waals surface area contributed by atoms with Crippen LogP contribution in [0, 0.1) is 5.92 Å². The number of para-hydroxylation sites is 2. The van der Waals surface area contributed by atoms with E-state index in [-0.39, 0.29) is 5.91 Å². The molecule has 0 unspecified atom stereocenters. The molecule has 0 spiro atoms. The van der Waals surface area contributed by atoms with Crippen LogP contribution in [0.15, 0.2) is 36.9 Å². The number of rotatable bonds is 5. The van der Waals surface area contributed by atoms with Gasteiger partial charge in [0.2, 0.25) is 5.91 Å². The molecule has 7 heteroatoms. The first-order valence-corrected chi connectivity index (χ1v) is 9.21. The maximum atomic E-state index is 12.6. The van der Waals surface area contributed by atoms with E-state index < -0.39 is 0 Å². The Balaban J connectivity index is 1.28. The first kappa shape index (κ1) is 16.8. The van der Waals surface area contributed by atoms with Gasteiger partial charge in [-0.3, -0.25) is 4.79 Å². The Morgan fingerprint density at radius 2 is 2.00 bits per heavy atom. The Bertz CT molecular complexity index is 890. The summed E-state index contributed by atoms with van der Waals surface area (Å²) in [6, 6.07) is 8.03. The minimum Gasteiger partial charge on any atom is -0.343 e. The summed E-state index contributed by atoms with van der Waals surface area (Å²) in [4.78, 5) is 19.0. The van der Waals surface area contributed by atoms with E-state index in [0.717, 1.165) is 49.2 Å². The van der Waals surface area contributed by atoms with E-state index >= 15 is 0 Å². The second-order valence-corrected chi connectivity index (χ2v) is 7.06. The number of benzene rings is 1. The van der Waals surface area contributed by atoms with Gasteiger partial charge in [0, 0.05) is 39.5 Å². The van der Waals surface area contributed by atoms with Gasteiger partial charge in [-0.1, -0.05) is 12.1 Å². The number of fused-ring (bicyclic) bond motifs is 1. The van der Waals surface area contributed by atoms with Gasteiger partial charge in [-0.2, -0.15) is 0 Å². The average Bonchev–Trinajstić information content (AvgIpc) is 3.27. The molecular weight excluding hydrogens is 328 g/mol. The maximum absolute atomic E-state index is 12.6. The molecular formula is C19H24N6O. The number of hydrogen-bond donors (Lipinski definition) is 0. The summed E-state index contributed by atoms with van der Waals surface area (Å²) in [5, 5.41) is 8.11. The van der Waals surface area contributed by atoms with Crippen molar-refractivity contribution in [2.75, 3.05) is 13.1 Å². The van der Waals surface area contributed by atoms with E-state index in [9.17, 15) is 4.79 Å². The second kappa shape index (κ2) is 7.27. The number of imidazole rings is 1. The summed E-state index contributed by atoms with van der Waals surface area (Å²) in [6.07, 6.45) is 7.10. The molecule has 0 N–H and O–H groups in total. The molecule has 1 amide bonds.